The number of rotatable bonds is 8. The highest BCUT2D eigenvalue weighted by molar-refractivity contribution is 7.91. The predicted molar refractivity (Wildman–Crippen MR) is 123 cm³/mol. The van der Waals surface area contributed by atoms with Crippen LogP contribution in [0.5, 0.6) is 5.75 Å². The number of ether oxygens (including phenoxy) is 2. The predicted octanol–water partition coefficient (Wildman–Crippen LogP) is 4.30. The van der Waals surface area contributed by atoms with E-state index in [0.717, 1.165) is 19.3 Å². The summed E-state index contributed by atoms with van der Waals surface area (Å²) < 4.78 is 49.9. The molecule has 1 amide bonds. The molecule has 1 aromatic rings. The van der Waals surface area contributed by atoms with Crippen molar-refractivity contribution in [3.8, 4) is 5.75 Å². The van der Waals surface area contributed by atoms with Crippen molar-refractivity contribution in [2.24, 2.45) is 5.41 Å². The fraction of sp³-hybridized carbons (Fsp3) is 0.625. The van der Waals surface area contributed by atoms with Crippen molar-refractivity contribution in [3.05, 3.63) is 36.2 Å². The minimum atomic E-state index is -3.48. The average Bonchev–Trinajstić information content (AvgIpc) is 2.74. The second kappa shape index (κ2) is 9.62. The summed E-state index contributed by atoms with van der Waals surface area (Å²) in [5.41, 5.74) is -1.30. The van der Waals surface area contributed by atoms with Crippen molar-refractivity contribution in [1.82, 2.24) is 5.32 Å². The van der Waals surface area contributed by atoms with Gasteiger partial charge in [-0.15, -0.1) is 0 Å². The van der Waals surface area contributed by atoms with Crippen molar-refractivity contribution in [1.29, 1.82) is 0 Å². The molecule has 0 radical (unpaired) electrons. The molecule has 0 unspecified atom stereocenters. The summed E-state index contributed by atoms with van der Waals surface area (Å²) in [6.45, 7) is 5.01. The minimum Gasteiger partial charge on any atom is -0.489 e. The summed E-state index contributed by atoms with van der Waals surface area (Å²) in [7, 11) is -3.48. The normalized spacial score (nSPS) is 25.5. The molecule has 0 aliphatic heterocycles. The molecule has 2 N–H and O–H groups in total. The van der Waals surface area contributed by atoms with Crippen LogP contribution in [0.1, 0.15) is 59.3 Å². The van der Waals surface area contributed by atoms with Crippen LogP contribution in [-0.4, -0.2) is 49.7 Å². The molecule has 1 aromatic carbocycles. The first-order valence-electron chi connectivity index (χ1n) is 11.3. The van der Waals surface area contributed by atoms with Crippen molar-refractivity contribution in [3.63, 3.8) is 0 Å². The molecule has 4 rings (SSSR count). The maximum Gasteiger partial charge on any atom is 0.407 e. The fourth-order valence-electron chi connectivity index (χ4n) is 4.49. The topological polar surface area (TPSA) is 102 Å². The van der Waals surface area contributed by atoms with E-state index in [4.69, 9.17) is 9.47 Å². The van der Waals surface area contributed by atoms with E-state index in [9.17, 15) is 22.7 Å². The fourth-order valence-corrected chi connectivity index (χ4v) is 6.44. The Bertz CT molecular complexity index is 957. The van der Waals surface area contributed by atoms with Gasteiger partial charge in [0.2, 0.25) is 0 Å². The van der Waals surface area contributed by atoms with Crippen LogP contribution in [0.15, 0.2) is 41.1 Å². The highest BCUT2D eigenvalue weighted by Gasteiger charge is 2.49. The van der Waals surface area contributed by atoms with E-state index in [0.29, 0.717) is 31.3 Å². The first kappa shape index (κ1) is 25.5. The van der Waals surface area contributed by atoms with Crippen LogP contribution in [-0.2, 0) is 14.6 Å². The SMILES string of the molecule is CC(C)(C)OC(=O)NC/C(=C\F)COc1ccc(S(=O)(=O)CC23CCC(O)(CC2)CC3)cc1. The van der Waals surface area contributed by atoms with E-state index in [-0.39, 0.29) is 34.8 Å². The Balaban J connectivity index is 1.52. The smallest absolute Gasteiger partial charge is 0.407 e. The first-order valence-corrected chi connectivity index (χ1v) is 12.9. The van der Waals surface area contributed by atoms with Crippen LogP contribution in [0.3, 0.4) is 0 Å². The number of benzene rings is 1. The van der Waals surface area contributed by atoms with Gasteiger partial charge in [0.1, 0.15) is 18.0 Å². The number of aliphatic hydroxyl groups is 1. The number of hydrogen-bond donors (Lipinski definition) is 2. The van der Waals surface area contributed by atoms with Gasteiger partial charge in [-0.05, 0) is 89.0 Å². The van der Waals surface area contributed by atoms with E-state index in [1.807, 2.05) is 0 Å². The summed E-state index contributed by atoms with van der Waals surface area (Å²) in [5.74, 6) is 0.477. The largest absolute Gasteiger partial charge is 0.489 e. The number of alkyl carbamates (subject to hydrolysis) is 1. The maximum absolute atomic E-state index is 13.2. The number of carbonyl (C=O) groups excluding carboxylic acids is 1. The third-order valence-electron chi connectivity index (χ3n) is 6.48. The van der Waals surface area contributed by atoms with Gasteiger partial charge < -0.3 is 19.9 Å². The molecular formula is C24H34FNO6S. The van der Waals surface area contributed by atoms with Crippen LogP contribution in [0.4, 0.5) is 9.18 Å². The van der Waals surface area contributed by atoms with E-state index < -0.39 is 27.1 Å². The standard InChI is InChI=1S/C24H34FNO6S/c1-22(2,3)32-21(27)26-15-18(14-25)16-31-19-4-6-20(7-5-19)33(29,30)17-23-8-11-24(28,12-9-23)13-10-23/h4-7,14,28H,8-13,15-17H2,1-3H3,(H,26,27)/b18-14+. The lowest BCUT2D eigenvalue weighted by Gasteiger charge is -2.50. The monoisotopic (exact) mass is 483 g/mol. The Kier molecular flexibility index (Phi) is 7.43. The van der Waals surface area contributed by atoms with Crippen LogP contribution in [0, 0.1) is 5.41 Å². The summed E-state index contributed by atoms with van der Waals surface area (Å²) in [4.78, 5) is 11.9. The van der Waals surface area contributed by atoms with E-state index in [1.165, 1.54) is 12.1 Å². The summed E-state index contributed by atoms with van der Waals surface area (Å²) in [6, 6.07) is 6.09. The van der Waals surface area contributed by atoms with Crippen LogP contribution in [0.25, 0.3) is 0 Å². The molecule has 7 nitrogen and oxygen atoms in total. The Labute approximate surface area is 195 Å². The zero-order chi connectivity index (χ0) is 24.3. The van der Waals surface area contributed by atoms with Gasteiger partial charge in [-0.3, -0.25) is 0 Å². The Hall–Kier alpha value is -2.13. The second-order valence-corrected chi connectivity index (χ2v) is 12.4. The Morgan fingerprint density at radius 2 is 1.70 bits per heavy atom. The molecule has 3 aliphatic rings. The lowest BCUT2D eigenvalue weighted by molar-refractivity contribution is -0.0842. The number of sulfone groups is 1. The van der Waals surface area contributed by atoms with Gasteiger partial charge in [0.25, 0.3) is 0 Å². The third-order valence-corrected chi connectivity index (χ3v) is 8.46. The summed E-state index contributed by atoms with van der Waals surface area (Å²) >= 11 is 0. The second-order valence-electron chi connectivity index (χ2n) is 10.4. The van der Waals surface area contributed by atoms with Crippen molar-refractivity contribution in [2.75, 3.05) is 18.9 Å². The molecule has 0 atom stereocenters. The Morgan fingerprint density at radius 3 is 2.21 bits per heavy atom. The van der Waals surface area contributed by atoms with Crippen molar-refractivity contribution < 1.29 is 32.2 Å². The molecule has 3 saturated carbocycles. The number of hydrogen-bond acceptors (Lipinski definition) is 6. The van der Waals surface area contributed by atoms with E-state index >= 15 is 0 Å². The molecule has 184 valence electrons. The Morgan fingerprint density at radius 1 is 1.12 bits per heavy atom. The quantitative estimate of drug-likeness (QED) is 0.572. The maximum atomic E-state index is 13.2. The molecule has 2 bridgehead atoms. The number of amides is 1. The minimum absolute atomic E-state index is 0.0743. The summed E-state index contributed by atoms with van der Waals surface area (Å²) in [6.07, 6.45) is 3.92. The molecule has 0 heterocycles. The molecule has 0 aromatic heterocycles. The lowest BCUT2D eigenvalue weighted by Crippen LogP contribution is -2.48. The molecule has 0 saturated heterocycles. The van der Waals surface area contributed by atoms with Gasteiger partial charge in [0.05, 0.1) is 22.6 Å². The van der Waals surface area contributed by atoms with Crippen LogP contribution >= 0.6 is 0 Å². The van der Waals surface area contributed by atoms with Crippen LogP contribution < -0.4 is 10.1 Å². The lowest BCUT2D eigenvalue weighted by atomic mass is 9.59. The van der Waals surface area contributed by atoms with Crippen molar-refractivity contribution in [2.45, 2.75) is 75.4 Å². The molecular weight excluding hydrogens is 449 g/mol. The molecule has 3 fully saturated rings. The third kappa shape index (κ3) is 6.93. The zero-order valence-electron chi connectivity index (χ0n) is 19.5. The number of fused-ring (bicyclic) bond motifs is 3. The first-order chi connectivity index (χ1) is 15.3. The molecule has 33 heavy (non-hydrogen) atoms. The number of halogens is 1. The number of carbonyl (C=O) groups is 1. The van der Waals surface area contributed by atoms with E-state index in [1.54, 1.807) is 32.9 Å². The van der Waals surface area contributed by atoms with Crippen LogP contribution in [0.2, 0.25) is 0 Å². The van der Waals surface area contributed by atoms with Gasteiger partial charge in [-0.1, -0.05) is 0 Å². The highest BCUT2D eigenvalue weighted by Crippen LogP contribution is 2.53. The van der Waals surface area contributed by atoms with Gasteiger partial charge in [0, 0.05) is 12.1 Å². The molecule has 0 spiro atoms. The summed E-state index contributed by atoms with van der Waals surface area (Å²) in [5, 5.41) is 12.8. The average molecular weight is 484 g/mol. The molecule has 9 heteroatoms. The number of nitrogens with one attached hydrogen (secondary N) is 1. The zero-order valence-corrected chi connectivity index (χ0v) is 20.3. The van der Waals surface area contributed by atoms with Crippen molar-refractivity contribution >= 4 is 15.9 Å². The van der Waals surface area contributed by atoms with E-state index in [2.05, 4.69) is 5.32 Å². The van der Waals surface area contributed by atoms with Gasteiger partial charge >= 0.3 is 6.09 Å². The molecule has 3 aliphatic carbocycles. The van der Waals surface area contributed by atoms with Gasteiger partial charge in [-0.2, -0.15) is 0 Å². The highest BCUT2D eigenvalue weighted by atomic mass is 32.2. The van der Waals surface area contributed by atoms with Gasteiger partial charge in [0.15, 0.2) is 9.84 Å². The van der Waals surface area contributed by atoms with Gasteiger partial charge in [-0.25, -0.2) is 17.6 Å².